The molecule has 0 spiro atoms. The van der Waals surface area contributed by atoms with E-state index >= 15 is 0 Å². The Morgan fingerprint density at radius 3 is 2.26 bits per heavy atom. The monoisotopic (exact) mass is 273 g/mol. The molecule has 1 aliphatic heterocycles. The van der Waals surface area contributed by atoms with Crippen LogP contribution in [0.4, 0.5) is 18.9 Å². The molecule has 2 nitrogen and oxygen atoms in total. The highest BCUT2D eigenvalue weighted by molar-refractivity contribution is 5.57. The van der Waals surface area contributed by atoms with Gasteiger partial charge in [-0.05, 0) is 29.5 Å². The maximum absolute atomic E-state index is 13.1. The fourth-order valence-electron chi connectivity index (χ4n) is 2.51. The summed E-state index contributed by atoms with van der Waals surface area (Å²) in [5.41, 5.74) is -0.141. The van der Waals surface area contributed by atoms with E-state index in [1.165, 1.54) is 6.07 Å². The van der Waals surface area contributed by atoms with Gasteiger partial charge >= 0.3 is 6.18 Å². The molecule has 106 valence electrons. The molecule has 1 aromatic rings. The molecule has 1 N–H and O–H groups in total. The molecule has 0 amide bonds. The predicted molar refractivity (Wildman–Crippen MR) is 67.9 cm³/mol. The highest BCUT2D eigenvalue weighted by Gasteiger charge is 2.37. The molecular formula is C14H18F3NO. The van der Waals surface area contributed by atoms with E-state index in [2.05, 4.69) is 13.8 Å². The number of aliphatic hydroxyl groups is 1. The van der Waals surface area contributed by atoms with Crippen molar-refractivity contribution in [2.24, 2.45) is 11.8 Å². The summed E-state index contributed by atoms with van der Waals surface area (Å²) in [4.78, 5) is 1.79. The fraction of sp³-hybridized carbons (Fsp3) is 0.571. The van der Waals surface area contributed by atoms with Crippen molar-refractivity contribution in [3.63, 3.8) is 0 Å². The van der Waals surface area contributed by atoms with Crippen LogP contribution in [0.2, 0.25) is 0 Å². The number of nitrogens with zero attached hydrogens (tertiary/aromatic N) is 1. The zero-order valence-electron chi connectivity index (χ0n) is 11.0. The molecule has 0 bridgehead atoms. The van der Waals surface area contributed by atoms with E-state index in [9.17, 15) is 13.2 Å². The second kappa shape index (κ2) is 5.04. The molecule has 0 aromatic heterocycles. The topological polar surface area (TPSA) is 23.5 Å². The summed E-state index contributed by atoms with van der Waals surface area (Å²) in [6.07, 6.45) is -4.39. The first-order valence-corrected chi connectivity index (χ1v) is 6.39. The molecule has 0 saturated carbocycles. The Morgan fingerprint density at radius 1 is 1.21 bits per heavy atom. The number of halogens is 3. The van der Waals surface area contributed by atoms with Gasteiger partial charge in [-0.2, -0.15) is 13.2 Å². The van der Waals surface area contributed by atoms with E-state index in [4.69, 9.17) is 5.11 Å². The van der Waals surface area contributed by atoms with Gasteiger partial charge in [0.1, 0.15) is 0 Å². The summed E-state index contributed by atoms with van der Waals surface area (Å²) in [5.74, 6) is 0.775. The first kappa shape index (κ1) is 14.2. The number of hydrogen-bond acceptors (Lipinski definition) is 2. The van der Waals surface area contributed by atoms with E-state index in [1.807, 2.05) is 0 Å². The van der Waals surface area contributed by atoms with Gasteiger partial charge in [-0.25, -0.2) is 0 Å². The van der Waals surface area contributed by atoms with Crippen molar-refractivity contribution >= 4 is 5.69 Å². The fourth-order valence-corrected chi connectivity index (χ4v) is 2.51. The van der Waals surface area contributed by atoms with Crippen LogP contribution in [0, 0.1) is 11.8 Å². The van der Waals surface area contributed by atoms with Gasteiger partial charge in [0.25, 0.3) is 0 Å². The lowest BCUT2D eigenvalue weighted by Gasteiger charge is -2.23. The van der Waals surface area contributed by atoms with Crippen LogP contribution in [0.15, 0.2) is 18.2 Å². The van der Waals surface area contributed by atoms with Gasteiger partial charge in [-0.1, -0.05) is 19.9 Å². The van der Waals surface area contributed by atoms with E-state index in [1.54, 1.807) is 11.0 Å². The maximum Gasteiger partial charge on any atom is 0.418 e. The number of rotatable bonds is 2. The third-order valence-electron chi connectivity index (χ3n) is 3.88. The molecule has 0 aliphatic carbocycles. The van der Waals surface area contributed by atoms with Gasteiger partial charge in [-0.3, -0.25) is 0 Å². The third-order valence-corrected chi connectivity index (χ3v) is 3.88. The minimum atomic E-state index is -4.39. The molecule has 2 unspecified atom stereocenters. The van der Waals surface area contributed by atoms with Crippen LogP contribution in [-0.4, -0.2) is 18.2 Å². The molecule has 1 heterocycles. The Morgan fingerprint density at radius 2 is 1.79 bits per heavy atom. The van der Waals surface area contributed by atoms with Gasteiger partial charge < -0.3 is 10.0 Å². The highest BCUT2D eigenvalue weighted by atomic mass is 19.4. The Kier molecular flexibility index (Phi) is 3.76. The normalized spacial score (nSPS) is 24.0. The number of anilines is 1. The summed E-state index contributed by atoms with van der Waals surface area (Å²) >= 11 is 0. The van der Waals surface area contributed by atoms with Gasteiger partial charge in [0, 0.05) is 18.8 Å². The summed E-state index contributed by atoms with van der Waals surface area (Å²) in [6.45, 7) is 5.02. The number of aliphatic hydroxyl groups excluding tert-OH is 1. The van der Waals surface area contributed by atoms with E-state index in [-0.39, 0.29) is 17.9 Å². The lowest BCUT2D eigenvalue weighted by molar-refractivity contribution is -0.137. The molecule has 0 radical (unpaired) electrons. The second-order valence-corrected chi connectivity index (χ2v) is 5.37. The first-order valence-electron chi connectivity index (χ1n) is 6.39. The smallest absolute Gasteiger partial charge is 0.392 e. The molecule has 2 rings (SSSR count). The molecule has 1 aromatic carbocycles. The van der Waals surface area contributed by atoms with Crippen LogP contribution in [-0.2, 0) is 12.8 Å². The molecule has 19 heavy (non-hydrogen) atoms. The zero-order chi connectivity index (χ0) is 14.2. The Balaban J connectivity index is 2.40. The summed E-state index contributed by atoms with van der Waals surface area (Å²) in [5, 5.41) is 8.99. The molecule has 5 heteroatoms. The van der Waals surface area contributed by atoms with E-state index in [0.29, 0.717) is 24.9 Å². The predicted octanol–water partition coefficient (Wildman–Crippen LogP) is 3.29. The average Bonchev–Trinajstić information content (AvgIpc) is 2.67. The largest absolute Gasteiger partial charge is 0.418 e. The Labute approximate surface area is 110 Å². The molecule has 1 fully saturated rings. The van der Waals surface area contributed by atoms with Gasteiger partial charge in [0.05, 0.1) is 12.2 Å². The van der Waals surface area contributed by atoms with Crippen LogP contribution >= 0.6 is 0 Å². The molecule has 1 saturated heterocycles. The van der Waals surface area contributed by atoms with E-state index < -0.39 is 11.7 Å². The summed E-state index contributed by atoms with van der Waals surface area (Å²) in [6, 6.07) is 4.07. The highest BCUT2D eigenvalue weighted by Crippen LogP contribution is 2.39. The van der Waals surface area contributed by atoms with Crippen molar-refractivity contribution in [1.82, 2.24) is 0 Å². The van der Waals surface area contributed by atoms with Crippen molar-refractivity contribution in [1.29, 1.82) is 0 Å². The van der Waals surface area contributed by atoms with Crippen LogP contribution in [0.3, 0.4) is 0 Å². The summed E-state index contributed by atoms with van der Waals surface area (Å²) in [7, 11) is 0. The zero-order valence-corrected chi connectivity index (χ0v) is 11.0. The van der Waals surface area contributed by atoms with Crippen molar-refractivity contribution in [2.45, 2.75) is 26.6 Å². The Bertz CT molecular complexity index is 448. The molecular weight excluding hydrogens is 255 g/mol. The number of benzene rings is 1. The minimum absolute atomic E-state index is 0.223. The van der Waals surface area contributed by atoms with E-state index in [0.717, 1.165) is 6.07 Å². The number of hydrogen-bond donors (Lipinski definition) is 1. The second-order valence-electron chi connectivity index (χ2n) is 5.37. The van der Waals surface area contributed by atoms with Crippen LogP contribution in [0.1, 0.15) is 25.0 Å². The van der Waals surface area contributed by atoms with Crippen molar-refractivity contribution in [3.05, 3.63) is 29.3 Å². The van der Waals surface area contributed by atoms with Crippen LogP contribution < -0.4 is 4.90 Å². The summed E-state index contributed by atoms with van der Waals surface area (Å²) < 4.78 is 39.3. The van der Waals surface area contributed by atoms with Gasteiger partial charge in [0.2, 0.25) is 0 Å². The standard InChI is InChI=1S/C14H18F3NO/c1-9-6-18(7-10(9)2)13-4-3-11(8-19)5-12(13)14(15,16)17/h3-5,9-10,19H,6-8H2,1-2H3. The maximum atomic E-state index is 13.1. The SMILES string of the molecule is CC1CN(c2ccc(CO)cc2C(F)(F)F)CC1C. The van der Waals surface area contributed by atoms with Crippen molar-refractivity contribution < 1.29 is 18.3 Å². The Hall–Kier alpha value is -1.23. The minimum Gasteiger partial charge on any atom is -0.392 e. The van der Waals surface area contributed by atoms with Crippen LogP contribution in [0.25, 0.3) is 0 Å². The van der Waals surface area contributed by atoms with Crippen LogP contribution in [0.5, 0.6) is 0 Å². The lowest BCUT2D eigenvalue weighted by atomic mass is 10.0. The van der Waals surface area contributed by atoms with Crippen molar-refractivity contribution in [3.8, 4) is 0 Å². The van der Waals surface area contributed by atoms with Gasteiger partial charge in [-0.15, -0.1) is 0 Å². The first-order chi connectivity index (χ1) is 8.82. The van der Waals surface area contributed by atoms with Gasteiger partial charge in [0.15, 0.2) is 0 Å². The average molecular weight is 273 g/mol. The number of alkyl halides is 3. The molecule has 1 aliphatic rings. The quantitative estimate of drug-likeness (QED) is 0.893. The van der Waals surface area contributed by atoms with Crippen molar-refractivity contribution in [2.75, 3.05) is 18.0 Å². The molecule has 2 atom stereocenters. The third kappa shape index (κ3) is 2.86. The lowest BCUT2D eigenvalue weighted by Crippen LogP contribution is -2.23.